The molecule has 0 fully saturated rings. The van der Waals surface area contributed by atoms with E-state index in [1.807, 2.05) is 6.26 Å². The topological polar surface area (TPSA) is 64.9 Å². The predicted octanol–water partition coefficient (Wildman–Crippen LogP) is 2.24. The van der Waals surface area contributed by atoms with Gasteiger partial charge in [0.1, 0.15) is 0 Å². The average Bonchev–Trinajstić information content (AvgIpc) is 2.64. The summed E-state index contributed by atoms with van der Waals surface area (Å²) in [6.07, 6.45) is 4.93. The van der Waals surface area contributed by atoms with Crippen LogP contribution < -0.4 is 5.73 Å². The van der Waals surface area contributed by atoms with Crippen LogP contribution in [0.2, 0.25) is 0 Å². The first kappa shape index (κ1) is 13.5. The summed E-state index contributed by atoms with van der Waals surface area (Å²) in [4.78, 5) is 4.33. The van der Waals surface area contributed by atoms with Crippen LogP contribution in [-0.4, -0.2) is 22.9 Å². The predicted molar refractivity (Wildman–Crippen MR) is 67.3 cm³/mol. The Labute approximate surface area is 101 Å². The first-order chi connectivity index (χ1) is 7.57. The van der Waals surface area contributed by atoms with E-state index in [0.717, 1.165) is 43.3 Å². The fraction of sp³-hybridized carbons (Fsp3) is 0.818. The smallest absolute Gasteiger partial charge is 0.226 e. The van der Waals surface area contributed by atoms with Gasteiger partial charge >= 0.3 is 0 Å². The third-order valence-electron chi connectivity index (χ3n) is 2.62. The summed E-state index contributed by atoms with van der Waals surface area (Å²) in [7, 11) is 0. The molecular weight excluding hydrogens is 222 g/mol. The lowest BCUT2D eigenvalue weighted by molar-refractivity contribution is 0.289. The Morgan fingerprint density at radius 3 is 2.75 bits per heavy atom. The van der Waals surface area contributed by atoms with Crippen molar-refractivity contribution < 1.29 is 4.52 Å². The van der Waals surface area contributed by atoms with Crippen molar-refractivity contribution in [1.29, 1.82) is 0 Å². The highest BCUT2D eigenvalue weighted by Gasteiger charge is 2.18. The number of hydrogen-bond donors (Lipinski definition) is 1. The standard InChI is InChI=1S/C11H21N3OS/c1-11(2,6-7-12)5-4-10-13-9(8-16-3)14-15-10/h4-8,12H2,1-3H3. The van der Waals surface area contributed by atoms with E-state index >= 15 is 0 Å². The normalized spacial score (nSPS) is 12.0. The van der Waals surface area contributed by atoms with Crippen molar-refractivity contribution in [2.24, 2.45) is 11.1 Å². The molecule has 0 aliphatic heterocycles. The summed E-state index contributed by atoms with van der Waals surface area (Å²) in [6.45, 7) is 5.17. The number of nitrogens with two attached hydrogens (primary N) is 1. The van der Waals surface area contributed by atoms with Crippen LogP contribution in [0.4, 0.5) is 0 Å². The van der Waals surface area contributed by atoms with E-state index in [9.17, 15) is 0 Å². The van der Waals surface area contributed by atoms with Crippen molar-refractivity contribution in [3.63, 3.8) is 0 Å². The minimum Gasteiger partial charge on any atom is -0.339 e. The number of aromatic nitrogens is 2. The van der Waals surface area contributed by atoms with Gasteiger partial charge in [0.15, 0.2) is 5.82 Å². The summed E-state index contributed by atoms with van der Waals surface area (Å²) in [5, 5.41) is 3.92. The second kappa shape index (κ2) is 6.25. The molecule has 2 N–H and O–H groups in total. The first-order valence-electron chi connectivity index (χ1n) is 5.58. The molecule has 0 aliphatic rings. The minimum absolute atomic E-state index is 0.253. The van der Waals surface area contributed by atoms with E-state index in [1.54, 1.807) is 11.8 Å². The molecule has 1 rings (SSSR count). The van der Waals surface area contributed by atoms with E-state index in [1.165, 1.54) is 0 Å². The Balaban J connectivity index is 2.41. The summed E-state index contributed by atoms with van der Waals surface area (Å²) in [6, 6.07) is 0. The SMILES string of the molecule is CSCc1noc(CCC(C)(C)CCN)n1. The first-order valence-corrected chi connectivity index (χ1v) is 6.97. The van der Waals surface area contributed by atoms with Gasteiger partial charge in [0.25, 0.3) is 0 Å². The second-order valence-corrected chi connectivity index (χ2v) is 5.61. The Kier molecular flexibility index (Phi) is 5.28. The molecule has 0 bridgehead atoms. The Morgan fingerprint density at radius 2 is 2.12 bits per heavy atom. The largest absolute Gasteiger partial charge is 0.339 e. The van der Waals surface area contributed by atoms with Crippen molar-refractivity contribution in [2.45, 2.75) is 38.9 Å². The number of thioether (sulfide) groups is 1. The van der Waals surface area contributed by atoms with E-state index in [4.69, 9.17) is 10.3 Å². The lowest BCUT2D eigenvalue weighted by Crippen LogP contribution is -2.17. The zero-order valence-electron chi connectivity index (χ0n) is 10.3. The van der Waals surface area contributed by atoms with Crippen LogP contribution in [0.15, 0.2) is 4.52 Å². The van der Waals surface area contributed by atoms with Gasteiger partial charge in [-0.25, -0.2) is 0 Å². The van der Waals surface area contributed by atoms with Crippen LogP contribution in [0.5, 0.6) is 0 Å². The van der Waals surface area contributed by atoms with E-state index in [-0.39, 0.29) is 5.41 Å². The highest BCUT2D eigenvalue weighted by Crippen LogP contribution is 2.25. The van der Waals surface area contributed by atoms with Gasteiger partial charge in [-0.3, -0.25) is 0 Å². The quantitative estimate of drug-likeness (QED) is 0.795. The maximum atomic E-state index is 5.57. The molecule has 0 aromatic carbocycles. The molecule has 0 radical (unpaired) electrons. The maximum Gasteiger partial charge on any atom is 0.226 e. The molecule has 1 heterocycles. The zero-order valence-corrected chi connectivity index (χ0v) is 11.1. The molecule has 0 unspecified atom stereocenters. The Hall–Kier alpha value is -0.550. The van der Waals surface area contributed by atoms with Gasteiger partial charge in [0.05, 0.1) is 5.75 Å². The summed E-state index contributed by atoms with van der Waals surface area (Å²) < 4.78 is 5.19. The van der Waals surface area contributed by atoms with Gasteiger partial charge in [-0.15, -0.1) is 0 Å². The highest BCUT2D eigenvalue weighted by molar-refractivity contribution is 7.97. The van der Waals surface area contributed by atoms with Gasteiger partial charge in [0.2, 0.25) is 5.89 Å². The van der Waals surface area contributed by atoms with Gasteiger partial charge in [-0.2, -0.15) is 16.7 Å². The molecule has 0 saturated heterocycles. The van der Waals surface area contributed by atoms with E-state index in [2.05, 4.69) is 24.0 Å². The molecule has 5 heteroatoms. The van der Waals surface area contributed by atoms with Crippen molar-refractivity contribution in [3.8, 4) is 0 Å². The number of aryl methyl sites for hydroxylation is 1. The molecule has 1 aromatic heterocycles. The molecule has 1 aromatic rings. The summed E-state index contributed by atoms with van der Waals surface area (Å²) in [5.74, 6) is 2.35. The maximum absolute atomic E-state index is 5.57. The Bertz CT molecular complexity index is 312. The Morgan fingerprint density at radius 1 is 1.38 bits per heavy atom. The average molecular weight is 243 g/mol. The molecule has 0 atom stereocenters. The van der Waals surface area contributed by atoms with Crippen LogP contribution >= 0.6 is 11.8 Å². The van der Waals surface area contributed by atoms with Crippen LogP contribution in [-0.2, 0) is 12.2 Å². The fourth-order valence-electron chi connectivity index (χ4n) is 1.54. The highest BCUT2D eigenvalue weighted by atomic mass is 32.2. The summed E-state index contributed by atoms with van der Waals surface area (Å²) >= 11 is 1.70. The molecule has 16 heavy (non-hydrogen) atoms. The molecule has 4 nitrogen and oxygen atoms in total. The van der Waals surface area contributed by atoms with Crippen molar-refractivity contribution in [2.75, 3.05) is 12.8 Å². The third kappa shape index (κ3) is 4.53. The van der Waals surface area contributed by atoms with E-state index < -0.39 is 0 Å². The lowest BCUT2D eigenvalue weighted by atomic mass is 9.84. The van der Waals surface area contributed by atoms with Crippen LogP contribution in [0.25, 0.3) is 0 Å². The number of hydrogen-bond acceptors (Lipinski definition) is 5. The van der Waals surface area contributed by atoms with Crippen LogP contribution in [0.3, 0.4) is 0 Å². The third-order valence-corrected chi connectivity index (χ3v) is 3.17. The van der Waals surface area contributed by atoms with Crippen molar-refractivity contribution in [1.82, 2.24) is 10.1 Å². The molecule has 92 valence electrons. The molecular formula is C11H21N3OS. The van der Waals surface area contributed by atoms with E-state index in [0.29, 0.717) is 0 Å². The van der Waals surface area contributed by atoms with Crippen LogP contribution in [0.1, 0.15) is 38.4 Å². The van der Waals surface area contributed by atoms with Crippen LogP contribution in [0, 0.1) is 5.41 Å². The van der Waals surface area contributed by atoms with Crippen molar-refractivity contribution >= 4 is 11.8 Å². The zero-order chi connectivity index (χ0) is 12.0. The number of nitrogens with zero attached hydrogens (tertiary/aromatic N) is 2. The monoisotopic (exact) mass is 243 g/mol. The van der Waals surface area contributed by atoms with Gasteiger partial charge in [-0.05, 0) is 31.1 Å². The lowest BCUT2D eigenvalue weighted by Gasteiger charge is -2.22. The summed E-state index contributed by atoms with van der Waals surface area (Å²) in [5.41, 5.74) is 5.83. The number of rotatable bonds is 7. The minimum atomic E-state index is 0.253. The molecule has 0 aliphatic carbocycles. The van der Waals surface area contributed by atoms with Crippen molar-refractivity contribution in [3.05, 3.63) is 11.7 Å². The molecule has 0 saturated carbocycles. The fourth-order valence-corrected chi connectivity index (χ4v) is 1.92. The molecule has 0 amide bonds. The van der Waals surface area contributed by atoms with Gasteiger partial charge < -0.3 is 10.3 Å². The van der Waals surface area contributed by atoms with Gasteiger partial charge in [0, 0.05) is 6.42 Å². The van der Waals surface area contributed by atoms with Gasteiger partial charge in [-0.1, -0.05) is 19.0 Å². The second-order valence-electron chi connectivity index (χ2n) is 4.74. The molecule has 0 spiro atoms.